The summed E-state index contributed by atoms with van der Waals surface area (Å²) < 4.78 is 10.9. The van der Waals surface area contributed by atoms with Gasteiger partial charge in [-0.1, -0.05) is 18.8 Å². The van der Waals surface area contributed by atoms with Crippen LogP contribution in [0, 0.1) is 17.8 Å². The molecule has 2 aromatic rings. The number of benzene rings is 2. The van der Waals surface area contributed by atoms with Crippen molar-refractivity contribution in [3.8, 4) is 23.3 Å². The zero-order valence-corrected chi connectivity index (χ0v) is 15.1. The summed E-state index contributed by atoms with van der Waals surface area (Å²) in [6.45, 7) is 3.48. The molecule has 1 atom stereocenters. The molecule has 0 saturated carbocycles. The van der Waals surface area contributed by atoms with Gasteiger partial charge in [0.25, 0.3) is 0 Å². The van der Waals surface area contributed by atoms with Crippen LogP contribution in [0.2, 0.25) is 0 Å². The predicted molar refractivity (Wildman–Crippen MR) is 99.8 cm³/mol. The van der Waals surface area contributed by atoms with E-state index in [1.54, 1.807) is 24.3 Å². The average molecular weight is 422 g/mol. The number of hydrogen-bond donors (Lipinski definition) is 1. The summed E-state index contributed by atoms with van der Waals surface area (Å²) in [6, 6.07) is 14.6. The van der Waals surface area contributed by atoms with Crippen LogP contribution in [0.4, 0.5) is 0 Å². The van der Waals surface area contributed by atoms with E-state index in [4.69, 9.17) is 7.80 Å². The fourth-order valence-corrected chi connectivity index (χ4v) is 2.42. The second-order valence-corrected chi connectivity index (χ2v) is 5.81. The molecule has 3 nitrogen and oxygen atoms in total. The van der Waals surface area contributed by atoms with Crippen molar-refractivity contribution >= 4 is 23.0 Å². The van der Waals surface area contributed by atoms with Gasteiger partial charge in [0, 0.05) is 17.0 Å². The molecule has 0 saturated heterocycles. The smallest absolute Gasteiger partial charge is 0.119 e. The first-order valence-corrected chi connectivity index (χ1v) is 8.36. The van der Waals surface area contributed by atoms with Gasteiger partial charge in [0.05, 0.1) is 13.2 Å². The summed E-state index contributed by atoms with van der Waals surface area (Å²) in [4.78, 5) is 0. The predicted octanol–water partition coefficient (Wildman–Crippen LogP) is 4.56. The Kier molecular flexibility index (Phi) is 7.24. The van der Waals surface area contributed by atoms with Crippen LogP contribution in [0.25, 0.3) is 0 Å². The Morgan fingerprint density at radius 1 is 0.957 bits per heavy atom. The van der Waals surface area contributed by atoms with E-state index in [1.807, 2.05) is 47.3 Å². The number of rotatable bonds is 6. The van der Waals surface area contributed by atoms with Gasteiger partial charge >= 0.3 is 0 Å². The van der Waals surface area contributed by atoms with Crippen molar-refractivity contribution in [1.29, 1.82) is 0 Å². The van der Waals surface area contributed by atoms with Gasteiger partial charge in [-0.05, 0) is 55.0 Å². The topological polar surface area (TPSA) is 38.7 Å². The number of ether oxygens (including phenoxy) is 1. The van der Waals surface area contributed by atoms with E-state index >= 15 is 0 Å². The van der Waals surface area contributed by atoms with Crippen molar-refractivity contribution in [3.63, 3.8) is 0 Å². The largest absolute Gasteiger partial charge is 0.508 e. The minimum atomic E-state index is 0.246. The molecule has 2 aromatic carbocycles. The Bertz CT molecular complexity index is 654. The third-order valence-corrected chi connectivity index (χ3v) is 3.79. The number of phenols is 1. The SMILES string of the molecule is CCC(COI)COc1ccc(C#Cc2ccc(O)cc2)cc1. The second kappa shape index (κ2) is 9.43. The molecule has 0 radical (unpaired) electrons. The number of halogens is 1. The Balaban J connectivity index is 1.93. The Morgan fingerprint density at radius 3 is 2.04 bits per heavy atom. The highest BCUT2D eigenvalue weighted by atomic mass is 127. The van der Waals surface area contributed by atoms with Crippen molar-refractivity contribution in [3.05, 3.63) is 59.7 Å². The van der Waals surface area contributed by atoms with E-state index in [0.29, 0.717) is 19.1 Å². The molecule has 120 valence electrons. The molecule has 0 bridgehead atoms. The lowest BCUT2D eigenvalue weighted by atomic mass is 10.1. The maximum Gasteiger partial charge on any atom is 0.119 e. The van der Waals surface area contributed by atoms with E-state index in [-0.39, 0.29) is 5.75 Å². The van der Waals surface area contributed by atoms with E-state index in [0.717, 1.165) is 23.3 Å². The Morgan fingerprint density at radius 2 is 1.52 bits per heavy atom. The summed E-state index contributed by atoms with van der Waals surface area (Å²) in [6.07, 6.45) is 1.03. The highest BCUT2D eigenvalue weighted by molar-refractivity contribution is 14.1. The fourth-order valence-electron chi connectivity index (χ4n) is 1.91. The van der Waals surface area contributed by atoms with E-state index in [9.17, 15) is 5.11 Å². The van der Waals surface area contributed by atoms with E-state index in [1.165, 1.54) is 0 Å². The van der Waals surface area contributed by atoms with Crippen molar-refractivity contribution in [1.82, 2.24) is 0 Å². The van der Waals surface area contributed by atoms with Gasteiger partial charge in [0.1, 0.15) is 34.5 Å². The van der Waals surface area contributed by atoms with Gasteiger partial charge in [-0.3, -0.25) is 0 Å². The first-order chi connectivity index (χ1) is 11.2. The zero-order chi connectivity index (χ0) is 16.5. The quantitative estimate of drug-likeness (QED) is 0.548. The molecule has 23 heavy (non-hydrogen) atoms. The lowest BCUT2D eigenvalue weighted by Gasteiger charge is -2.14. The number of hydrogen-bond acceptors (Lipinski definition) is 3. The molecule has 0 fully saturated rings. The molecule has 0 amide bonds. The maximum atomic E-state index is 9.24. The molecule has 2 rings (SSSR count). The fraction of sp³-hybridized carbons (Fsp3) is 0.263. The van der Waals surface area contributed by atoms with Crippen molar-refractivity contribution < 1.29 is 12.9 Å². The van der Waals surface area contributed by atoms with Crippen LogP contribution in [0.15, 0.2) is 48.5 Å². The minimum Gasteiger partial charge on any atom is -0.508 e. The first-order valence-electron chi connectivity index (χ1n) is 7.48. The van der Waals surface area contributed by atoms with Crippen molar-refractivity contribution in [2.75, 3.05) is 13.2 Å². The molecule has 0 aliphatic carbocycles. The summed E-state index contributed by atoms with van der Waals surface area (Å²) in [5.41, 5.74) is 1.79. The van der Waals surface area contributed by atoms with Crippen LogP contribution in [-0.4, -0.2) is 18.3 Å². The normalized spacial score (nSPS) is 11.4. The van der Waals surface area contributed by atoms with Crippen LogP contribution < -0.4 is 4.74 Å². The third kappa shape index (κ3) is 6.12. The first kappa shape index (κ1) is 17.6. The molecular weight excluding hydrogens is 403 g/mol. The molecule has 0 aliphatic rings. The van der Waals surface area contributed by atoms with Crippen LogP contribution in [-0.2, 0) is 3.07 Å². The molecule has 1 unspecified atom stereocenters. The van der Waals surface area contributed by atoms with E-state index < -0.39 is 0 Å². The minimum absolute atomic E-state index is 0.246. The summed E-state index contributed by atoms with van der Waals surface area (Å²) >= 11 is 1.92. The lowest BCUT2D eigenvalue weighted by molar-refractivity contribution is 0.200. The Hall–Kier alpha value is -1.71. The van der Waals surface area contributed by atoms with Crippen LogP contribution in [0.5, 0.6) is 11.5 Å². The van der Waals surface area contributed by atoms with Gasteiger partial charge in [0.15, 0.2) is 0 Å². The Labute approximate surface area is 151 Å². The van der Waals surface area contributed by atoms with Crippen LogP contribution in [0.1, 0.15) is 24.5 Å². The van der Waals surface area contributed by atoms with Crippen LogP contribution in [0.3, 0.4) is 0 Å². The molecule has 4 heteroatoms. The average Bonchev–Trinajstić information content (AvgIpc) is 2.59. The van der Waals surface area contributed by atoms with Gasteiger partial charge in [0.2, 0.25) is 0 Å². The number of phenolic OH excluding ortho intramolecular Hbond substituents is 1. The van der Waals surface area contributed by atoms with E-state index in [2.05, 4.69) is 18.8 Å². The highest BCUT2D eigenvalue weighted by Gasteiger charge is 2.07. The molecule has 0 spiro atoms. The third-order valence-electron chi connectivity index (χ3n) is 3.43. The monoisotopic (exact) mass is 422 g/mol. The highest BCUT2D eigenvalue weighted by Crippen LogP contribution is 2.15. The molecule has 0 aromatic heterocycles. The molecular formula is C19H19IO3. The zero-order valence-electron chi connectivity index (χ0n) is 13.0. The van der Waals surface area contributed by atoms with Gasteiger partial charge < -0.3 is 12.9 Å². The maximum absolute atomic E-state index is 9.24. The standard InChI is InChI=1S/C19H19IO3/c1-2-15(14-23-20)13-22-19-11-7-17(8-12-19)4-3-16-5-9-18(21)10-6-16/h5-12,15,21H,2,13-14H2,1H3. The lowest BCUT2D eigenvalue weighted by Crippen LogP contribution is -2.15. The van der Waals surface area contributed by atoms with Gasteiger partial charge in [-0.25, -0.2) is 0 Å². The molecule has 0 aliphatic heterocycles. The second-order valence-electron chi connectivity index (χ2n) is 5.18. The number of aromatic hydroxyl groups is 1. The summed E-state index contributed by atoms with van der Waals surface area (Å²) in [7, 11) is 0. The van der Waals surface area contributed by atoms with Crippen LogP contribution >= 0.6 is 23.0 Å². The van der Waals surface area contributed by atoms with Gasteiger partial charge in [-0.2, -0.15) is 0 Å². The van der Waals surface area contributed by atoms with Gasteiger partial charge in [-0.15, -0.1) is 0 Å². The molecule has 1 N–H and O–H groups in total. The summed E-state index contributed by atoms with van der Waals surface area (Å²) in [5, 5.41) is 9.24. The molecule has 0 heterocycles. The summed E-state index contributed by atoms with van der Waals surface area (Å²) in [5.74, 6) is 7.65. The van der Waals surface area contributed by atoms with Crippen molar-refractivity contribution in [2.24, 2.45) is 5.92 Å². The van der Waals surface area contributed by atoms with Crippen molar-refractivity contribution in [2.45, 2.75) is 13.3 Å².